The first-order valence-corrected chi connectivity index (χ1v) is 3.38. The van der Waals surface area contributed by atoms with Crippen LogP contribution in [0.25, 0.3) is 0 Å². The minimum absolute atomic E-state index is 0.556. The Bertz CT molecular complexity index is 268. The van der Waals surface area contributed by atoms with E-state index in [1.165, 1.54) is 0 Å². The van der Waals surface area contributed by atoms with Gasteiger partial charge in [0.2, 0.25) is 0 Å². The van der Waals surface area contributed by atoms with Crippen molar-refractivity contribution in [2.75, 3.05) is 17.2 Å². The number of hydrogen-bond donors (Lipinski definition) is 3. The van der Waals surface area contributed by atoms with Crippen molar-refractivity contribution in [1.82, 2.24) is 0 Å². The molecule has 59 valence electrons. The molecule has 0 saturated heterocycles. The summed E-state index contributed by atoms with van der Waals surface area (Å²) in [6.07, 6.45) is 0.572. The van der Waals surface area contributed by atoms with Crippen LogP contribution in [0.4, 0.5) is 17.1 Å². The molecule has 0 aliphatic heterocycles. The van der Waals surface area contributed by atoms with Gasteiger partial charge in [-0.3, -0.25) is 0 Å². The molecule has 0 fully saturated rings. The maximum absolute atomic E-state index is 5.65. The quantitative estimate of drug-likeness (QED) is 0.518. The van der Waals surface area contributed by atoms with Gasteiger partial charge >= 0.3 is 0 Å². The average molecular weight is 150 g/mol. The van der Waals surface area contributed by atoms with Gasteiger partial charge in [0.1, 0.15) is 0 Å². The first-order chi connectivity index (χ1) is 5.16. The van der Waals surface area contributed by atoms with Gasteiger partial charge in [-0.25, -0.2) is 0 Å². The smallest absolute Gasteiger partial charge is 0.0601 e. The van der Waals surface area contributed by atoms with Crippen molar-refractivity contribution in [2.45, 2.75) is 6.42 Å². The lowest BCUT2D eigenvalue weighted by molar-refractivity contribution is 1.28. The largest absolute Gasteiger partial charge is 0.398 e. The summed E-state index contributed by atoms with van der Waals surface area (Å²) in [6, 6.07) is 3.44. The molecule has 1 rings (SSSR count). The van der Waals surface area contributed by atoms with E-state index in [0.29, 0.717) is 23.5 Å². The second-order valence-electron chi connectivity index (χ2n) is 2.39. The standard InChI is InChI=1S/C8H12N3/c1-2-5-6(9)3-4-7(10)8(5)11/h3-4H,1-2,9-11H2. The van der Waals surface area contributed by atoms with Gasteiger partial charge in [-0.1, -0.05) is 0 Å². The minimum Gasteiger partial charge on any atom is -0.398 e. The van der Waals surface area contributed by atoms with Crippen molar-refractivity contribution in [3.63, 3.8) is 0 Å². The average Bonchev–Trinajstić information content (AvgIpc) is 1.99. The number of anilines is 3. The number of nitrogens with two attached hydrogens (primary N) is 3. The van der Waals surface area contributed by atoms with E-state index in [4.69, 9.17) is 17.2 Å². The highest BCUT2D eigenvalue weighted by atomic mass is 14.7. The van der Waals surface area contributed by atoms with Crippen LogP contribution in [0.3, 0.4) is 0 Å². The third-order valence-corrected chi connectivity index (χ3v) is 1.68. The highest BCUT2D eigenvalue weighted by Gasteiger charge is 2.03. The van der Waals surface area contributed by atoms with Crippen molar-refractivity contribution in [3.05, 3.63) is 24.6 Å². The molecule has 3 nitrogen and oxygen atoms in total. The van der Waals surface area contributed by atoms with E-state index in [1.54, 1.807) is 12.1 Å². The zero-order chi connectivity index (χ0) is 8.43. The monoisotopic (exact) mass is 150 g/mol. The lowest BCUT2D eigenvalue weighted by Crippen LogP contribution is -2.02. The molecule has 6 N–H and O–H groups in total. The van der Waals surface area contributed by atoms with Crippen molar-refractivity contribution < 1.29 is 0 Å². The van der Waals surface area contributed by atoms with Gasteiger partial charge in [0.15, 0.2) is 0 Å². The van der Waals surface area contributed by atoms with Crippen LogP contribution in [0.15, 0.2) is 12.1 Å². The number of hydrogen-bond acceptors (Lipinski definition) is 3. The molecule has 0 saturated carbocycles. The zero-order valence-electron chi connectivity index (χ0n) is 6.30. The molecule has 1 aromatic carbocycles. The van der Waals surface area contributed by atoms with E-state index in [-0.39, 0.29) is 0 Å². The molecule has 0 unspecified atom stereocenters. The van der Waals surface area contributed by atoms with Gasteiger partial charge in [-0.2, -0.15) is 0 Å². The summed E-state index contributed by atoms with van der Waals surface area (Å²) in [5, 5.41) is 0. The fourth-order valence-corrected chi connectivity index (χ4v) is 0.979. The lowest BCUT2D eigenvalue weighted by atomic mass is 10.1. The summed E-state index contributed by atoms with van der Waals surface area (Å²) < 4.78 is 0. The molecule has 0 aliphatic carbocycles. The molecular formula is C8H12N3. The molecule has 1 aromatic rings. The molecule has 0 spiro atoms. The molecule has 0 aromatic heterocycles. The van der Waals surface area contributed by atoms with Gasteiger partial charge in [-0.15, -0.1) is 0 Å². The third kappa shape index (κ3) is 1.22. The molecule has 0 bridgehead atoms. The molecule has 0 atom stereocenters. The summed E-state index contributed by atoms with van der Waals surface area (Å²) in [6.45, 7) is 3.70. The Kier molecular flexibility index (Phi) is 1.89. The van der Waals surface area contributed by atoms with Crippen LogP contribution in [0, 0.1) is 6.92 Å². The Morgan fingerprint density at radius 1 is 1.09 bits per heavy atom. The normalized spacial score (nSPS) is 9.91. The van der Waals surface area contributed by atoms with E-state index in [9.17, 15) is 0 Å². The zero-order valence-corrected chi connectivity index (χ0v) is 6.30. The van der Waals surface area contributed by atoms with Crippen LogP contribution in [-0.4, -0.2) is 0 Å². The third-order valence-electron chi connectivity index (χ3n) is 1.68. The van der Waals surface area contributed by atoms with Crippen molar-refractivity contribution >= 4 is 17.1 Å². The van der Waals surface area contributed by atoms with Crippen LogP contribution in [0.2, 0.25) is 0 Å². The maximum atomic E-state index is 5.65. The van der Waals surface area contributed by atoms with Gasteiger partial charge < -0.3 is 17.2 Å². The van der Waals surface area contributed by atoms with Crippen LogP contribution in [-0.2, 0) is 6.42 Å². The Hall–Kier alpha value is -1.38. The summed E-state index contributed by atoms with van der Waals surface area (Å²) in [7, 11) is 0. The Balaban J connectivity index is 3.29. The van der Waals surface area contributed by atoms with Crippen molar-refractivity contribution in [1.29, 1.82) is 0 Å². The topological polar surface area (TPSA) is 78.1 Å². The van der Waals surface area contributed by atoms with E-state index >= 15 is 0 Å². The van der Waals surface area contributed by atoms with Crippen molar-refractivity contribution in [2.24, 2.45) is 0 Å². The highest BCUT2D eigenvalue weighted by Crippen LogP contribution is 2.25. The van der Waals surface area contributed by atoms with Crippen LogP contribution < -0.4 is 17.2 Å². The Morgan fingerprint density at radius 3 is 2.09 bits per heavy atom. The molecule has 1 radical (unpaired) electrons. The molecule has 3 heteroatoms. The van der Waals surface area contributed by atoms with E-state index < -0.39 is 0 Å². The first kappa shape index (κ1) is 7.72. The fourth-order valence-electron chi connectivity index (χ4n) is 0.979. The van der Waals surface area contributed by atoms with Gasteiger partial charge in [0, 0.05) is 11.3 Å². The Labute approximate surface area is 66.2 Å². The molecule has 11 heavy (non-hydrogen) atoms. The summed E-state index contributed by atoms with van der Waals surface area (Å²) in [4.78, 5) is 0. The van der Waals surface area contributed by atoms with Gasteiger partial charge in [0.05, 0.1) is 11.4 Å². The van der Waals surface area contributed by atoms with Gasteiger partial charge in [-0.05, 0) is 25.5 Å². The summed E-state index contributed by atoms with van der Waals surface area (Å²) in [5.41, 5.74) is 19.5. The summed E-state index contributed by atoms with van der Waals surface area (Å²) in [5.74, 6) is 0. The number of nitrogen functional groups attached to an aromatic ring is 3. The second kappa shape index (κ2) is 2.70. The first-order valence-electron chi connectivity index (χ1n) is 3.38. The van der Waals surface area contributed by atoms with E-state index in [0.717, 1.165) is 5.56 Å². The van der Waals surface area contributed by atoms with Crippen LogP contribution >= 0.6 is 0 Å². The van der Waals surface area contributed by atoms with E-state index in [1.807, 2.05) is 0 Å². The fraction of sp³-hybridized carbons (Fsp3) is 0.125. The number of rotatable bonds is 1. The molecular weight excluding hydrogens is 138 g/mol. The predicted octanol–water partition coefficient (Wildman–Crippen LogP) is 0.810. The molecule has 0 heterocycles. The van der Waals surface area contributed by atoms with Crippen molar-refractivity contribution in [3.8, 4) is 0 Å². The van der Waals surface area contributed by atoms with Crippen LogP contribution in [0.1, 0.15) is 5.56 Å². The lowest BCUT2D eigenvalue weighted by Gasteiger charge is -2.08. The number of benzene rings is 1. The highest BCUT2D eigenvalue weighted by molar-refractivity contribution is 5.74. The second-order valence-corrected chi connectivity index (χ2v) is 2.39. The minimum atomic E-state index is 0.556. The van der Waals surface area contributed by atoms with Gasteiger partial charge in [0.25, 0.3) is 0 Å². The molecule has 0 amide bonds. The van der Waals surface area contributed by atoms with E-state index in [2.05, 4.69) is 6.92 Å². The predicted molar refractivity (Wildman–Crippen MR) is 48.7 cm³/mol. The Morgan fingerprint density at radius 2 is 1.64 bits per heavy atom. The molecule has 0 aliphatic rings. The summed E-state index contributed by atoms with van der Waals surface area (Å²) >= 11 is 0. The SMILES string of the molecule is [CH2]Cc1c(N)ccc(N)c1N. The van der Waals surface area contributed by atoms with Crippen LogP contribution in [0.5, 0.6) is 0 Å². The maximum Gasteiger partial charge on any atom is 0.0601 e.